The van der Waals surface area contributed by atoms with E-state index < -0.39 is 8.07 Å². The Morgan fingerprint density at radius 3 is 2.38 bits per heavy atom. The first-order chi connectivity index (χ1) is 15.3. The van der Waals surface area contributed by atoms with Crippen LogP contribution in [0.5, 0.6) is 0 Å². The summed E-state index contributed by atoms with van der Waals surface area (Å²) in [7, 11) is -1.13. The van der Waals surface area contributed by atoms with Crippen molar-refractivity contribution < 1.29 is 14.3 Å². The summed E-state index contributed by atoms with van der Waals surface area (Å²) in [5.74, 6) is -0.217. The molecule has 0 unspecified atom stereocenters. The molecule has 166 valence electrons. The minimum atomic E-state index is -1.13. The molecule has 1 fully saturated rings. The summed E-state index contributed by atoms with van der Waals surface area (Å²) >= 11 is 0. The quantitative estimate of drug-likeness (QED) is 0.288. The molecule has 1 aliphatic carbocycles. The molecule has 2 aromatic heterocycles. The number of carbonyl (C=O) groups excluding carboxylic acids is 2. The van der Waals surface area contributed by atoms with Crippen molar-refractivity contribution in [1.29, 1.82) is 0 Å². The van der Waals surface area contributed by atoms with Gasteiger partial charge in [-0.1, -0.05) is 31.8 Å². The second-order valence-electron chi connectivity index (χ2n) is 9.95. The molecule has 2 amide bonds. The van der Waals surface area contributed by atoms with Gasteiger partial charge in [-0.3, -0.25) is 14.5 Å². The maximum atomic E-state index is 13.1. The van der Waals surface area contributed by atoms with E-state index in [1.807, 2.05) is 16.7 Å². The van der Waals surface area contributed by atoms with E-state index in [0.717, 1.165) is 36.7 Å². The van der Waals surface area contributed by atoms with Gasteiger partial charge in [-0.15, -0.1) is 0 Å². The number of imide groups is 1. The molecular weight excluding hydrogens is 420 g/mol. The van der Waals surface area contributed by atoms with Crippen LogP contribution < -0.4 is 0 Å². The number of aromatic nitrogens is 3. The van der Waals surface area contributed by atoms with Crippen LogP contribution in [0, 0.1) is 5.92 Å². The Hall–Kier alpha value is -2.84. The maximum Gasteiger partial charge on any atom is 0.262 e. The summed E-state index contributed by atoms with van der Waals surface area (Å²) in [6.07, 6.45) is 3.71. The Morgan fingerprint density at radius 1 is 1.06 bits per heavy atom. The molecule has 1 aromatic carbocycles. The standard InChI is InChI=1S/C24H28N4O3Si/c1-32(2,3)13-12-31-15-27-14-25-22-20(27)11-10-19(26-22)21(16-8-9-16)28-23(29)17-6-4-5-7-18(17)24(28)30/h4-7,10-11,14,16,21H,8-9,12-13,15H2,1-3H3/t21-/m1/s1. The topological polar surface area (TPSA) is 77.3 Å². The van der Waals surface area contributed by atoms with Crippen LogP contribution in [0.4, 0.5) is 0 Å². The molecule has 1 aliphatic heterocycles. The largest absolute Gasteiger partial charge is 0.361 e. The molecule has 0 radical (unpaired) electrons. The van der Waals surface area contributed by atoms with Crippen LogP contribution in [0.25, 0.3) is 11.2 Å². The molecule has 0 N–H and O–H groups in total. The fraction of sp³-hybridized carbons (Fsp3) is 0.417. The van der Waals surface area contributed by atoms with E-state index in [0.29, 0.717) is 23.5 Å². The van der Waals surface area contributed by atoms with Crippen molar-refractivity contribution in [3.63, 3.8) is 0 Å². The molecule has 0 saturated heterocycles. The highest BCUT2D eigenvalue weighted by Gasteiger charge is 2.47. The maximum absolute atomic E-state index is 13.1. The van der Waals surface area contributed by atoms with Crippen LogP contribution in [0.3, 0.4) is 0 Å². The molecule has 0 bridgehead atoms. The number of imidazole rings is 1. The van der Waals surface area contributed by atoms with Gasteiger partial charge in [0, 0.05) is 14.7 Å². The first-order valence-corrected chi connectivity index (χ1v) is 14.9. The number of pyridine rings is 1. The van der Waals surface area contributed by atoms with E-state index >= 15 is 0 Å². The Kier molecular flexibility index (Phi) is 5.21. The summed E-state index contributed by atoms with van der Waals surface area (Å²) in [5, 5.41) is 0. The van der Waals surface area contributed by atoms with Gasteiger partial charge in [0.15, 0.2) is 5.65 Å². The van der Waals surface area contributed by atoms with Gasteiger partial charge < -0.3 is 9.30 Å². The molecule has 3 aromatic rings. The number of ether oxygens (including phenoxy) is 1. The first-order valence-electron chi connectivity index (χ1n) is 11.2. The van der Waals surface area contributed by atoms with E-state index in [1.54, 1.807) is 30.6 Å². The lowest BCUT2D eigenvalue weighted by Crippen LogP contribution is -2.35. The number of amides is 2. The Balaban J connectivity index is 1.39. The molecular formula is C24H28N4O3Si. The smallest absolute Gasteiger partial charge is 0.262 e. The van der Waals surface area contributed by atoms with Crippen LogP contribution in [-0.4, -0.2) is 45.9 Å². The van der Waals surface area contributed by atoms with Crippen molar-refractivity contribution in [3.8, 4) is 0 Å². The van der Waals surface area contributed by atoms with Crippen LogP contribution >= 0.6 is 0 Å². The Labute approximate surface area is 188 Å². The number of fused-ring (bicyclic) bond motifs is 2. The molecule has 1 saturated carbocycles. The SMILES string of the molecule is C[Si](C)(C)CCOCn1cnc2nc([C@@H](C3CC3)N3C(=O)c4ccccc4C3=O)ccc21. The van der Waals surface area contributed by atoms with Crippen LogP contribution in [-0.2, 0) is 11.5 Å². The van der Waals surface area contributed by atoms with Gasteiger partial charge in [0.2, 0.25) is 0 Å². The zero-order valence-electron chi connectivity index (χ0n) is 18.7. The van der Waals surface area contributed by atoms with Gasteiger partial charge in [-0.2, -0.15) is 0 Å². The van der Waals surface area contributed by atoms with Gasteiger partial charge in [0.05, 0.1) is 34.7 Å². The average molecular weight is 449 g/mol. The predicted octanol–water partition coefficient (Wildman–Crippen LogP) is 4.49. The highest BCUT2D eigenvalue weighted by atomic mass is 28.3. The summed E-state index contributed by atoms with van der Waals surface area (Å²) in [5.41, 5.74) is 3.17. The minimum Gasteiger partial charge on any atom is -0.361 e. The van der Waals surface area contributed by atoms with Crippen LogP contribution in [0.2, 0.25) is 25.7 Å². The Bertz CT molecular complexity index is 1160. The molecule has 0 spiro atoms. The van der Waals surface area contributed by atoms with Gasteiger partial charge in [-0.25, -0.2) is 9.97 Å². The normalized spacial score (nSPS) is 17.3. The number of nitrogens with zero attached hydrogens (tertiary/aromatic N) is 4. The lowest BCUT2D eigenvalue weighted by atomic mass is 10.1. The molecule has 5 rings (SSSR count). The van der Waals surface area contributed by atoms with Crippen molar-refractivity contribution in [2.45, 2.75) is 51.3 Å². The van der Waals surface area contributed by atoms with E-state index in [1.165, 1.54) is 4.90 Å². The number of hydrogen-bond donors (Lipinski definition) is 0. The van der Waals surface area contributed by atoms with E-state index in [2.05, 4.69) is 24.6 Å². The Morgan fingerprint density at radius 2 is 1.75 bits per heavy atom. The molecule has 1 atom stereocenters. The van der Waals surface area contributed by atoms with Crippen molar-refractivity contribution in [2.75, 3.05) is 6.61 Å². The molecule has 3 heterocycles. The minimum absolute atomic E-state index is 0.231. The van der Waals surface area contributed by atoms with Crippen molar-refractivity contribution in [2.24, 2.45) is 5.92 Å². The van der Waals surface area contributed by atoms with Crippen molar-refractivity contribution >= 4 is 31.1 Å². The third-order valence-electron chi connectivity index (χ3n) is 6.21. The predicted molar refractivity (Wildman–Crippen MR) is 124 cm³/mol. The van der Waals surface area contributed by atoms with Crippen LogP contribution in [0.15, 0.2) is 42.7 Å². The first kappa shape index (κ1) is 21.0. The van der Waals surface area contributed by atoms with Crippen molar-refractivity contribution in [1.82, 2.24) is 19.4 Å². The average Bonchev–Trinajstić information content (AvgIpc) is 3.47. The fourth-order valence-corrected chi connectivity index (χ4v) is 4.98. The number of carbonyl (C=O) groups is 2. The highest BCUT2D eigenvalue weighted by molar-refractivity contribution is 6.76. The third-order valence-corrected chi connectivity index (χ3v) is 7.91. The second kappa shape index (κ2) is 7.93. The molecule has 8 heteroatoms. The summed E-state index contributed by atoms with van der Waals surface area (Å²) in [6, 6.07) is 11.7. The van der Waals surface area contributed by atoms with E-state index in [9.17, 15) is 9.59 Å². The van der Waals surface area contributed by atoms with Gasteiger partial charge in [0.1, 0.15) is 6.73 Å². The molecule has 32 heavy (non-hydrogen) atoms. The van der Waals surface area contributed by atoms with Gasteiger partial charge in [-0.05, 0) is 49.1 Å². The third kappa shape index (κ3) is 3.88. The highest BCUT2D eigenvalue weighted by Crippen LogP contribution is 2.46. The van der Waals surface area contributed by atoms with Gasteiger partial charge >= 0.3 is 0 Å². The number of benzene rings is 1. The lowest BCUT2D eigenvalue weighted by molar-refractivity contribution is 0.0558. The summed E-state index contributed by atoms with van der Waals surface area (Å²) in [6.45, 7) is 8.17. The van der Waals surface area contributed by atoms with Gasteiger partial charge in [0.25, 0.3) is 11.8 Å². The van der Waals surface area contributed by atoms with E-state index in [-0.39, 0.29) is 23.8 Å². The lowest BCUT2D eigenvalue weighted by Gasteiger charge is -2.25. The number of hydrogen-bond acceptors (Lipinski definition) is 5. The van der Waals surface area contributed by atoms with Crippen LogP contribution in [0.1, 0.15) is 45.3 Å². The monoisotopic (exact) mass is 448 g/mol. The van der Waals surface area contributed by atoms with E-state index in [4.69, 9.17) is 9.72 Å². The zero-order valence-corrected chi connectivity index (χ0v) is 19.7. The summed E-state index contributed by atoms with van der Waals surface area (Å²) < 4.78 is 7.81. The zero-order chi connectivity index (χ0) is 22.5. The van der Waals surface area contributed by atoms with Crippen molar-refractivity contribution in [3.05, 3.63) is 59.5 Å². The molecule has 7 nitrogen and oxygen atoms in total. The summed E-state index contributed by atoms with van der Waals surface area (Å²) in [4.78, 5) is 36.8. The second-order valence-corrected chi connectivity index (χ2v) is 15.6. The fourth-order valence-electron chi connectivity index (χ4n) is 4.23. The molecule has 2 aliphatic rings. The number of rotatable bonds is 8.